The van der Waals surface area contributed by atoms with Gasteiger partial charge >= 0.3 is 0 Å². The van der Waals surface area contributed by atoms with E-state index in [1.165, 1.54) is 10.4 Å². The molecule has 1 aromatic carbocycles. The van der Waals surface area contributed by atoms with Crippen molar-refractivity contribution in [1.29, 1.82) is 0 Å². The van der Waals surface area contributed by atoms with E-state index >= 15 is 0 Å². The van der Waals surface area contributed by atoms with E-state index in [4.69, 9.17) is 9.47 Å². The van der Waals surface area contributed by atoms with Gasteiger partial charge in [-0.1, -0.05) is 28.1 Å². The first kappa shape index (κ1) is 18.9. The maximum Gasteiger partial charge on any atom is 0.244 e. The Labute approximate surface area is 154 Å². The predicted molar refractivity (Wildman–Crippen MR) is 102 cm³/mol. The normalized spacial score (nSPS) is 11.1. The maximum atomic E-state index is 11.7. The van der Waals surface area contributed by atoms with E-state index in [1.54, 1.807) is 24.5 Å². The fourth-order valence-corrected chi connectivity index (χ4v) is 3.10. The Morgan fingerprint density at radius 2 is 1.96 bits per heavy atom. The first-order chi connectivity index (χ1) is 11.7. The van der Waals surface area contributed by atoms with Crippen molar-refractivity contribution < 1.29 is 14.3 Å². The van der Waals surface area contributed by atoms with E-state index < -0.39 is 0 Å². The highest BCUT2D eigenvalue weighted by atomic mass is 79.9. The molecule has 4 nitrogen and oxygen atoms in total. The quantitative estimate of drug-likeness (QED) is 0.503. The maximum absolute atomic E-state index is 11.7. The minimum atomic E-state index is -0.121. The van der Waals surface area contributed by atoms with Crippen LogP contribution in [0.1, 0.15) is 4.88 Å². The van der Waals surface area contributed by atoms with Crippen molar-refractivity contribution in [3.8, 4) is 10.4 Å². The molecule has 2 rings (SSSR count). The van der Waals surface area contributed by atoms with Crippen LogP contribution in [0.15, 0.2) is 46.9 Å². The highest BCUT2D eigenvalue weighted by Gasteiger charge is 2.02. The van der Waals surface area contributed by atoms with E-state index in [1.807, 2.05) is 24.3 Å². The molecule has 0 atom stereocenters. The van der Waals surface area contributed by atoms with E-state index in [2.05, 4.69) is 39.4 Å². The topological polar surface area (TPSA) is 47.6 Å². The molecular weight excluding hydrogens is 390 g/mol. The van der Waals surface area contributed by atoms with Gasteiger partial charge in [0.2, 0.25) is 5.91 Å². The predicted octanol–water partition coefficient (Wildman–Crippen LogP) is 3.97. The van der Waals surface area contributed by atoms with Gasteiger partial charge in [-0.25, -0.2) is 0 Å². The van der Waals surface area contributed by atoms with Gasteiger partial charge in [0, 0.05) is 34.0 Å². The molecule has 0 saturated heterocycles. The molecule has 0 bridgehead atoms. The number of nitrogens with one attached hydrogen (secondary N) is 1. The summed E-state index contributed by atoms with van der Waals surface area (Å²) in [7, 11) is 1.63. The van der Waals surface area contributed by atoms with Crippen LogP contribution in [0, 0.1) is 0 Å². The molecule has 0 fully saturated rings. The van der Waals surface area contributed by atoms with Gasteiger partial charge in [0.25, 0.3) is 0 Å². The second-order valence-electron chi connectivity index (χ2n) is 4.94. The van der Waals surface area contributed by atoms with Crippen molar-refractivity contribution in [2.24, 2.45) is 0 Å². The van der Waals surface area contributed by atoms with Crippen molar-refractivity contribution in [2.75, 3.05) is 33.5 Å². The second-order valence-corrected chi connectivity index (χ2v) is 6.97. The van der Waals surface area contributed by atoms with Crippen LogP contribution in [0.4, 0.5) is 0 Å². The van der Waals surface area contributed by atoms with Crippen LogP contribution in [0.2, 0.25) is 0 Å². The number of methoxy groups -OCH3 is 1. The molecule has 1 aromatic heterocycles. The monoisotopic (exact) mass is 409 g/mol. The lowest BCUT2D eigenvalue weighted by Gasteiger charge is -2.03. The van der Waals surface area contributed by atoms with Crippen LogP contribution >= 0.6 is 27.3 Å². The summed E-state index contributed by atoms with van der Waals surface area (Å²) in [6.07, 6.45) is 3.38. The van der Waals surface area contributed by atoms with Gasteiger partial charge in [0.15, 0.2) is 0 Å². The summed E-state index contributed by atoms with van der Waals surface area (Å²) in [5.74, 6) is -0.121. The Kier molecular flexibility index (Phi) is 8.18. The third-order valence-electron chi connectivity index (χ3n) is 3.13. The molecule has 1 heterocycles. The molecule has 128 valence electrons. The van der Waals surface area contributed by atoms with Gasteiger partial charge in [0.1, 0.15) is 0 Å². The Balaban J connectivity index is 1.78. The summed E-state index contributed by atoms with van der Waals surface area (Å²) < 4.78 is 11.2. The summed E-state index contributed by atoms with van der Waals surface area (Å²) in [5.41, 5.74) is 1.17. The minimum absolute atomic E-state index is 0.121. The lowest BCUT2D eigenvalue weighted by atomic mass is 10.2. The first-order valence-corrected chi connectivity index (χ1v) is 9.18. The number of carbonyl (C=O) groups excluding carboxylic acids is 1. The lowest BCUT2D eigenvalue weighted by Crippen LogP contribution is -2.25. The zero-order valence-corrected chi connectivity index (χ0v) is 15.9. The Morgan fingerprint density at radius 1 is 1.17 bits per heavy atom. The summed E-state index contributed by atoms with van der Waals surface area (Å²) in [4.78, 5) is 14.0. The van der Waals surface area contributed by atoms with Gasteiger partial charge in [-0.3, -0.25) is 4.79 Å². The van der Waals surface area contributed by atoms with Gasteiger partial charge < -0.3 is 14.8 Å². The van der Waals surface area contributed by atoms with Crippen molar-refractivity contribution in [3.05, 3.63) is 51.8 Å². The fourth-order valence-electron chi connectivity index (χ4n) is 1.92. The van der Waals surface area contributed by atoms with Crippen molar-refractivity contribution in [1.82, 2.24) is 5.32 Å². The average Bonchev–Trinajstić information content (AvgIpc) is 3.06. The van der Waals surface area contributed by atoms with Crippen LogP contribution in [0.25, 0.3) is 16.5 Å². The number of carbonyl (C=O) groups is 1. The van der Waals surface area contributed by atoms with Crippen LogP contribution in [0.3, 0.4) is 0 Å². The zero-order valence-electron chi connectivity index (χ0n) is 13.5. The molecule has 6 heteroatoms. The second kappa shape index (κ2) is 10.4. The number of halogens is 1. The summed E-state index contributed by atoms with van der Waals surface area (Å²) >= 11 is 5.09. The first-order valence-electron chi connectivity index (χ1n) is 7.57. The molecule has 0 aliphatic rings. The van der Waals surface area contributed by atoms with Gasteiger partial charge in [-0.2, -0.15) is 0 Å². The molecule has 0 radical (unpaired) electrons. The van der Waals surface area contributed by atoms with Crippen molar-refractivity contribution in [3.63, 3.8) is 0 Å². The van der Waals surface area contributed by atoms with E-state index in [0.717, 1.165) is 9.35 Å². The van der Waals surface area contributed by atoms with Gasteiger partial charge in [-0.05, 0) is 35.9 Å². The number of thiophene rings is 1. The molecule has 0 spiro atoms. The van der Waals surface area contributed by atoms with Crippen LogP contribution in [0.5, 0.6) is 0 Å². The van der Waals surface area contributed by atoms with E-state index in [-0.39, 0.29) is 5.91 Å². The van der Waals surface area contributed by atoms with Crippen molar-refractivity contribution in [2.45, 2.75) is 0 Å². The number of ether oxygens (including phenoxy) is 2. The van der Waals surface area contributed by atoms with E-state index in [9.17, 15) is 4.79 Å². The third kappa shape index (κ3) is 6.57. The fraction of sp³-hybridized carbons (Fsp3) is 0.278. The van der Waals surface area contributed by atoms with Crippen LogP contribution in [-0.4, -0.2) is 39.4 Å². The Morgan fingerprint density at radius 3 is 2.71 bits per heavy atom. The molecular formula is C18H20BrNO3S. The SMILES string of the molecule is COCCOCCNC(=O)/C=C/c1ccc(-c2ccc(Br)cc2)s1. The molecule has 0 aliphatic carbocycles. The standard InChI is InChI=1S/C18H20BrNO3S/c1-22-12-13-23-11-10-20-18(21)9-7-16-6-8-17(24-16)14-2-4-15(19)5-3-14/h2-9H,10-13H2,1H3,(H,20,21)/b9-7+. The average molecular weight is 410 g/mol. The number of hydrogen-bond donors (Lipinski definition) is 1. The van der Waals surface area contributed by atoms with Crippen LogP contribution in [-0.2, 0) is 14.3 Å². The molecule has 24 heavy (non-hydrogen) atoms. The number of amides is 1. The molecule has 0 saturated carbocycles. The molecule has 0 aliphatic heterocycles. The molecule has 1 N–H and O–H groups in total. The van der Waals surface area contributed by atoms with Crippen LogP contribution < -0.4 is 5.32 Å². The highest BCUT2D eigenvalue weighted by molar-refractivity contribution is 9.10. The van der Waals surface area contributed by atoms with Gasteiger partial charge in [-0.15, -0.1) is 11.3 Å². The van der Waals surface area contributed by atoms with Gasteiger partial charge in [0.05, 0.1) is 19.8 Å². The summed E-state index contributed by atoms with van der Waals surface area (Å²) in [5, 5.41) is 2.78. The molecule has 0 unspecified atom stereocenters. The summed E-state index contributed by atoms with van der Waals surface area (Å²) in [6, 6.07) is 12.3. The highest BCUT2D eigenvalue weighted by Crippen LogP contribution is 2.29. The van der Waals surface area contributed by atoms with Crippen molar-refractivity contribution >= 4 is 39.2 Å². The third-order valence-corrected chi connectivity index (χ3v) is 4.76. The lowest BCUT2D eigenvalue weighted by molar-refractivity contribution is -0.116. The summed E-state index contributed by atoms with van der Waals surface area (Å²) in [6.45, 7) is 2.07. The molecule has 2 aromatic rings. The Bertz CT molecular complexity index is 667. The largest absolute Gasteiger partial charge is 0.382 e. The smallest absolute Gasteiger partial charge is 0.244 e. The van der Waals surface area contributed by atoms with E-state index in [0.29, 0.717) is 26.4 Å². The molecule has 1 amide bonds. The minimum Gasteiger partial charge on any atom is -0.382 e. The number of rotatable bonds is 9. The number of benzene rings is 1. The Hall–Kier alpha value is -1.47. The number of hydrogen-bond acceptors (Lipinski definition) is 4. The zero-order chi connectivity index (χ0) is 17.2.